The number of nitrogens with two attached hydrogens (primary N) is 1. The molecule has 3 N–H and O–H groups in total. The van der Waals surface area contributed by atoms with Crippen molar-refractivity contribution in [2.45, 2.75) is 33.2 Å². The van der Waals surface area contributed by atoms with Gasteiger partial charge in [0.15, 0.2) is 17.3 Å². The second-order valence-electron chi connectivity index (χ2n) is 5.56. The van der Waals surface area contributed by atoms with Gasteiger partial charge in [-0.2, -0.15) is 5.10 Å². The Balaban J connectivity index is 2.21. The molecule has 0 spiro atoms. The minimum atomic E-state index is -0.401. The number of ether oxygens (including phenoxy) is 2. The molecule has 0 aliphatic rings. The Kier molecular flexibility index (Phi) is 5.38. The largest absolute Gasteiger partial charge is 0.493 e. The fourth-order valence-electron chi connectivity index (χ4n) is 2.23. The van der Waals surface area contributed by atoms with E-state index in [0.717, 1.165) is 17.8 Å². The Bertz CT molecular complexity index is 610. The van der Waals surface area contributed by atoms with E-state index < -0.39 is 6.04 Å². The van der Waals surface area contributed by atoms with Gasteiger partial charge in [-0.1, -0.05) is 19.9 Å². The van der Waals surface area contributed by atoms with Gasteiger partial charge in [0, 0.05) is 6.42 Å². The van der Waals surface area contributed by atoms with Gasteiger partial charge >= 0.3 is 0 Å². The Labute approximate surface area is 131 Å². The zero-order valence-electron chi connectivity index (χ0n) is 13.6. The zero-order chi connectivity index (χ0) is 16.1. The molecule has 0 unspecified atom stereocenters. The summed E-state index contributed by atoms with van der Waals surface area (Å²) in [5, 5.41) is 7.18. The predicted molar refractivity (Wildman–Crippen MR) is 85.1 cm³/mol. The number of hydrogen-bond acceptors (Lipinski definition) is 5. The fraction of sp³-hybridized carbons (Fsp3) is 0.500. The number of H-pyrrole nitrogens is 1. The van der Waals surface area contributed by atoms with Crippen LogP contribution in [0.1, 0.15) is 44.0 Å². The van der Waals surface area contributed by atoms with Gasteiger partial charge < -0.3 is 15.2 Å². The third kappa shape index (κ3) is 3.76. The predicted octanol–water partition coefficient (Wildman–Crippen LogP) is 2.46. The van der Waals surface area contributed by atoms with Gasteiger partial charge in [-0.3, -0.25) is 5.10 Å². The van der Waals surface area contributed by atoms with Gasteiger partial charge in [0.2, 0.25) is 0 Å². The first kappa shape index (κ1) is 16.3. The van der Waals surface area contributed by atoms with E-state index in [1.807, 2.05) is 25.1 Å². The number of benzene rings is 1. The van der Waals surface area contributed by atoms with Gasteiger partial charge in [0.1, 0.15) is 5.82 Å². The number of methoxy groups -OCH3 is 1. The van der Waals surface area contributed by atoms with E-state index in [0.29, 0.717) is 29.8 Å². The molecule has 120 valence electrons. The van der Waals surface area contributed by atoms with Crippen molar-refractivity contribution in [1.82, 2.24) is 15.2 Å². The number of nitrogens with zero attached hydrogens (tertiary/aromatic N) is 2. The monoisotopic (exact) mass is 304 g/mol. The summed E-state index contributed by atoms with van der Waals surface area (Å²) in [5.74, 6) is 3.33. The third-order valence-corrected chi connectivity index (χ3v) is 3.28. The summed E-state index contributed by atoms with van der Waals surface area (Å²) >= 11 is 0. The molecular weight excluding hydrogens is 280 g/mol. The van der Waals surface area contributed by atoms with Crippen LogP contribution >= 0.6 is 0 Å². The molecule has 2 rings (SSSR count). The lowest BCUT2D eigenvalue weighted by atomic mass is 10.1. The molecule has 0 saturated carbocycles. The van der Waals surface area contributed by atoms with Crippen LogP contribution in [-0.2, 0) is 6.42 Å². The summed E-state index contributed by atoms with van der Waals surface area (Å²) in [6.07, 6.45) is 0.853. The minimum Gasteiger partial charge on any atom is -0.493 e. The SMILES string of the molecule is CCOc1ccc([C@H](N)c2n[nH]c(CC(C)C)n2)cc1OC. The number of rotatable bonds is 7. The van der Waals surface area contributed by atoms with E-state index in [2.05, 4.69) is 29.0 Å². The van der Waals surface area contributed by atoms with E-state index in [4.69, 9.17) is 15.2 Å². The number of nitrogens with one attached hydrogen (secondary N) is 1. The second kappa shape index (κ2) is 7.26. The lowest BCUT2D eigenvalue weighted by molar-refractivity contribution is 0.310. The van der Waals surface area contributed by atoms with Crippen molar-refractivity contribution in [3.8, 4) is 11.5 Å². The van der Waals surface area contributed by atoms with Gasteiger partial charge in [-0.05, 0) is 30.5 Å². The molecule has 6 heteroatoms. The lowest BCUT2D eigenvalue weighted by Crippen LogP contribution is -2.14. The summed E-state index contributed by atoms with van der Waals surface area (Å²) in [6.45, 7) is 6.79. The van der Waals surface area contributed by atoms with Crippen molar-refractivity contribution in [2.24, 2.45) is 11.7 Å². The van der Waals surface area contributed by atoms with Crippen LogP contribution in [-0.4, -0.2) is 28.9 Å². The first-order valence-corrected chi connectivity index (χ1v) is 7.52. The number of aromatic nitrogens is 3. The van der Waals surface area contributed by atoms with Crippen LogP contribution in [0.4, 0.5) is 0 Å². The molecule has 0 radical (unpaired) electrons. The highest BCUT2D eigenvalue weighted by molar-refractivity contribution is 5.44. The Morgan fingerprint density at radius 2 is 2.05 bits per heavy atom. The van der Waals surface area contributed by atoms with Crippen LogP contribution in [0, 0.1) is 5.92 Å². The molecule has 0 aliphatic heterocycles. The first-order valence-electron chi connectivity index (χ1n) is 7.52. The van der Waals surface area contributed by atoms with E-state index in [1.54, 1.807) is 7.11 Å². The maximum atomic E-state index is 6.27. The molecule has 1 atom stereocenters. The summed E-state index contributed by atoms with van der Waals surface area (Å²) in [5.41, 5.74) is 7.15. The number of hydrogen-bond donors (Lipinski definition) is 2. The quantitative estimate of drug-likeness (QED) is 0.820. The van der Waals surface area contributed by atoms with Crippen molar-refractivity contribution in [2.75, 3.05) is 13.7 Å². The smallest absolute Gasteiger partial charge is 0.171 e. The first-order chi connectivity index (χ1) is 10.5. The molecule has 0 saturated heterocycles. The number of aromatic amines is 1. The Morgan fingerprint density at radius 3 is 2.68 bits per heavy atom. The molecule has 22 heavy (non-hydrogen) atoms. The van der Waals surface area contributed by atoms with Crippen molar-refractivity contribution < 1.29 is 9.47 Å². The highest BCUT2D eigenvalue weighted by Gasteiger charge is 2.17. The van der Waals surface area contributed by atoms with Crippen molar-refractivity contribution in [3.63, 3.8) is 0 Å². The average Bonchev–Trinajstić information content (AvgIpc) is 2.95. The van der Waals surface area contributed by atoms with E-state index in [9.17, 15) is 0 Å². The van der Waals surface area contributed by atoms with Crippen molar-refractivity contribution >= 4 is 0 Å². The third-order valence-electron chi connectivity index (χ3n) is 3.28. The second-order valence-corrected chi connectivity index (χ2v) is 5.56. The summed E-state index contributed by atoms with van der Waals surface area (Å²) < 4.78 is 10.9. The Morgan fingerprint density at radius 1 is 1.27 bits per heavy atom. The van der Waals surface area contributed by atoms with Crippen molar-refractivity contribution in [1.29, 1.82) is 0 Å². The molecule has 1 aromatic carbocycles. The summed E-state index contributed by atoms with van der Waals surface area (Å²) in [4.78, 5) is 4.48. The van der Waals surface area contributed by atoms with Gasteiger partial charge in [-0.15, -0.1) is 0 Å². The maximum Gasteiger partial charge on any atom is 0.171 e. The van der Waals surface area contributed by atoms with Crippen molar-refractivity contribution in [3.05, 3.63) is 35.4 Å². The summed E-state index contributed by atoms with van der Waals surface area (Å²) in [7, 11) is 1.61. The molecule has 6 nitrogen and oxygen atoms in total. The molecule has 1 heterocycles. The highest BCUT2D eigenvalue weighted by Crippen LogP contribution is 2.31. The van der Waals surface area contributed by atoms with Crippen LogP contribution in [0.5, 0.6) is 11.5 Å². The zero-order valence-corrected chi connectivity index (χ0v) is 13.6. The van der Waals surface area contributed by atoms with E-state index in [1.165, 1.54) is 0 Å². The molecule has 0 amide bonds. The van der Waals surface area contributed by atoms with E-state index in [-0.39, 0.29) is 0 Å². The fourth-order valence-corrected chi connectivity index (χ4v) is 2.23. The highest BCUT2D eigenvalue weighted by atomic mass is 16.5. The van der Waals surface area contributed by atoms with Gasteiger partial charge in [0.05, 0.1) is 19.8 Å². The van der Waals surface area contributed by atoms with Crippen LogP contribution in [0.3, 0.4) is 0 Å². The molecule has 0 aliphatic carbocycles. The van der Waals surface area contributed by atoms with Crippen LogP contribution in [0.15, 0.2) is 18.2 Å². The molecule has 1 aromatic heterocycles. The van der Waals surface area contributed by atoms with Crippen LogP contribution < -0.4 is 15.2 Å². The van der Waals surface area contributed by atoms with Gasteiger partial charge in [-0.25, -0.2) is 4.98 Å². The van der Waals surface area contributed by atoms with Crippen LogP contribution in [0.2, 0.25) is 0 Å². The molecular formula is C16H24N4O2. The normalized spacial score (nSPS) is 12.5. The Hall–Kier alpha value is -2.08. The lowest BCUT2D eigenvalue weighted by Gasteiger charge is -2.13. The van der Waals surface area contributed by atoms with Crippen LogP contribution in [0.25, 0.3) is 0 Å². The molecule has 0 fully saturated rings. The summed E-state index contributed by atoms with van der Waals surface area (Å²) in [6, 6.07) is 5.24. The maximum absolute atomic E-state index is 6.27. The molecule has 0 bridgehead atoms. The van der Waals surface area contributed by atoms with E-state index >= 15 is 0 Å². The standard InChI is InChI=1S/C16H24N4O2/c1-5-22-12-7-6-11(9-13(12)21-4)15(17)16-18-14(19-20-16)8-10(2)3/h6-7,9-10,15H,5,8,17H2,1-4H3,(H,18,19,20)/t15-/m0/s1. The molecule has 2 aromatic rings. The topological polar surface area (TPSA) is 86.0 Å². The average molecular weight is 304 g/mol. The minimum absolute atomic E-state index is 0.401. The van der Waals surface area contributed by atoms with Gasteiger partial charge in [0.25, 0.3) is 0 Å².